The van der Waals surface area contributed by atoms with Gasteiger partial charge in [0.25, 0.3) is 0 Å². The number of thiazole rings is 1. The zero-order valence-electron chi connectivity index (χ0n) is 12.0. The zero-order chi connectivity index (χ0) is 14.7. The Hall–Kier alpha value is -1.72. The van der Waals surface area contributed by atoms with Crippen LogP contribution >= 0.6 is 11.3 Å². The second kappa shape index (κ2) is 6.37. The van der Waals surface area contributed by atoms with E-state index in [1.807, 2.05) is 30.3 Å². The van der Waals surface area contributed by atoms with Crippen LogP contribution in [-0.2, 0) is 4.74 Å². The van der Waals surface area contributed by atoms with Crippen LogP contribution in [0, 0.1) is 0 Å². The van der Waals surface area contributed by atoms with E-state index in [-0.39, 0.29) is 0 Å². The summed E-state index contributed by atoms with van der Waals surface area (Å²) in [5.74, 6) is 0. The first-order valence-corrected chi connectivity index (χ1v) is 7.92. The van der Waals surface area contributed by atoms with Gasteiger partial charge in [0.2, 0.25) is 0 Å². The normalized spacial score (nSPS) is 14.1. The van der Waals surface area contributed by atoms with Crippen molar-refractivity contribution in [3.8, 4) is 11.3 Å². The first-order chi connectivity index (χ1) is 10.3. The van der Waals surface area contributed by atoms with Gasteiger partial charge in [-0.05, 0) is 12.8 Å². The number of carbonyl (C=O) groups excluding carboxylic acids is 1. The number of hydrogen-bond acceptors (Lipinski definition) is 5. The van der Waals surface area contributed by atoms with Crippen molar-refractivity contribution in [3.63, 3.8) is 0 Å². The lowest BCUT2D eigenvalue weighted by Gasteiger charge is -2.20. The smallest absolute Gasteiger partial charge is 0.186 e. The number of nitrogens with zero attached hydrogens (tertiary/aromatic N) is 2. The molecule has 1 aromatic heterocycles. The van der Waals surface area contributed by atoms with Gasteiger partial charge in [0.1, 0.15) is 0 Å². The third-order valence-electron chi connectivity index (χ3n) is 3.57. The molecule has 110 valence electrons. The van der Waals surface area contributed by atoms with Crippen molar-refractivity contribution in [2.24, 2.45) is 0 Å². The zero-order valence-corrected chi connectivity index (χ0v) is 12.8. The van der Waals surface area contributed by atoms with Gasteiger partial charge in [-0.25, -0.2) is 4.98 Å². The molecule has 3 rings (SSSR count). The number of aromatic nitrogens is 1. The van der Waals surface area contributed by atoms with Crippen molar-refractivity contribution < 1.29 is 9.53 Å². The van der Waals surface area contributed by atoms with Crippen molar-refractivity contribution in [3.05, 3.63) is 35.2 Å². The molecule has 2 aromatic rings. The maximum absolute atomic E-state index is 11.4. The van der Waals surface area contributed by atoms with Gasteiger partial charge in [-0.1, -0.05) is 41.7 Å². The number of carbonyl (C=O) groups is 1. The minimum absolute atomic E-state index is 0.550. The van der Waals surface area contributed by atoms with E-state index in [4.69, 9.17) is 9.72 Å². The molecule has 1 heterocycles. The molecule has 21 heavy (non-hydrogen) atoms. The number of methoxy groups -OCH3 is 1. The Bertz CT molecular complexity index is 608. The van der Waals surface area contributed by atoms with Crippen LogP contribution < -0.4 is 4.90 Å². The molecule has 0 N–H and O–H groups in total. The molecule has 0 radical (unpaired) electrons. The Morgan fingerprint density at radius 1 is 1.38 bits per heavy atom. The van der Waals surface area contributed by atoms with Crippen LogP contribution in [0.1, 0.15) is 22.5 Å². The predicted molar refractivity (Wildman–Crippen MR) is 85.2 cm³/mol. The molecule has 4 nitrogen and oxygen atoms in total. The van der Waals surface area contributed by atoms with E-state index < -0.39 is 0 Å². The van der Waals surface area contributed by atoms with Crippen LogP contribution in [0.15, 0.2) is 30.3 Å². The standard InChI is InChI=1S/C16H18N2O2S/c1-20-10-9-18(13-7-8-13)16-17-15(14(11-19)21-16)12-5-3-2-4-6-12/h2-6,11,13H,7-10H2,1H3. The molecule has 0 bridgehead atoms. The highest BCUT2D eigenvalue weighted by molar-refractivity contribution is 7.17. The summed E-state index contributed by atoms with van der Waals surface area (Å²) in [6.07, 6.45) is 3.30. The van der Waals surface area contributed by atoms with Crippen LogP contribution in [0.5, 0.6) is 0 Å². The van der Waals surface area contributed by atoms with E-state index in [1.54, 1.807) is 7.11 Å². The van der Waals surface area contributed by atoms with Crippen molar-refractivity contribution in [2.75, 3.05) is 25.2 Å². The van der Waals surface area contributed by atoms with E-state index in [0.717, 1.165) is 29.2 Å². The fourth-order valence-corrected chi connectivity index (χ4v) is 3.34. The molecule has 1 aliphatic rings. The van der Waals surface area contributed by atoms with Gasteiger partial charge in [0.05, 0.1) is 17.2 Å². The molecule has 0 saturated heterocycles. The molecular weight excluding hydrogens is 284 g/mol. The van der Waals surface area contributed by atoms with Crippen molar-refractivity contribution in [1.82, 2.24) is 4.98 Å². The molecule has 0 aliphatic heterocycles. The van der Waals surface area contributed by atoms with Crippen LogP contribution in [0.4, 0.5) is 5.13 Å². The summed E-state index contributed by atoms with van der Waals surface area (Å²) in [7, 11) is 1.71. The first kappa shape index (κ1) is 14.2. The molecule has 1 fully saturated rings. The van der Waals surface area contributed by atoms with E-state index in [2.05, 4.69) is 4.90 Å². The lowest BCUT2D eigenvalue weighted by molar-refractivity contribution is 0.112. The first-order valence-electron chi connectivity index (χ1n) is 7.10. The molecule has 0 amide bonds. The highest BCUT2D eigenvalue weighted by Crippen LogP contribution is 2.37. The fourth-order valence-electron chi connectivity index (χ4n) is 2.34. The number of anilines is 1. The largest absolute Gasteiger partial charge is 0.383 e. The Morgan fingerprint density at radius 3 is 2.76 bits per heavy atom. The number of ether oxygens (including phenoxy) is 1. The Morgan fingerprint density at radius 2 is 2.14 bits per heavy atom. The maximum atomic E-state index is 11.4. The third kappa shape index (κ3) is 3.14. The molecule has 0 spiro atoms. The second-order valence-electron chi connectivity index (χ2n) is 5.11. The number of benzene rings is 1. The summed E-state index contributed by atoms with van der Waals surface area (Å²) in [6.45, 7) is 1.49. The second-order valence-corrected chi connectivity index (χ2v) is 6.12. The van der Waals surface area contributed by atoms with E-state index >= 15 is 0 Å². The minimum atomic E-state index is 0.550. The van der Waals surface area contributed by atoms with Crippen molar-refractivity contribution in [2.45, 2.75) is 18.9 Å². The van der Waals surface area contributed by atoms with Gasteiger partial charge in [-0.2, -0.15) is 0 Å². The predicted octanol–water partition coefficient (Wildman–Crippen LogP) is 3.24. The summed E-state index contributed by atoms with van der Waals surface area (Å²) in [4.78, 5) is 19.1. The molecule has 0 unspecified atom stereocenters. The maximum Gasteiger partial charge on any atom is 0.186 e. The Balaban J connectivity index is 1.92. The van der Waals surface area contributed by atoms with Crippen LogP contribution in [-0.4, -0.2) is 37.6 Å². The summed E-state index contributed by atoms with van der Waals surface area (Å²) in [5, 5.41) is 0.926. The third-order valence-corrected chi connectivity index (χ3v) is 4.58. The van der Waals surface area contributed by atoms with Crippen LogP contribution in [0.3, 0.4) is 0 Å². The van der Waals surface area contributed by atoms with Gasteiger partial charge in [-0.3, -0.25) is 4.79 Å². The number of rotatable bonds is 7. The molecule has 0 atom stereocenters. The summed E-state index contributed by atoms with van der Waals surface area (Å²) >= 11 is 1.47. The van der Waals surface area contributed by atoms with Crippen LogP contribution in [0.25, 0.3) is 11.3 Å². The SMILES string of the molecule is COCCN(c1nc(-c2ccccc2)c(C=O)s1)C1CC1. The van der Waals surface area contributed by atoms with Gasteiger partial charge in [0.15, 0.2) is 11.4 Å². The molecule has 1 aliphatic carbocycles. The average molecular weight is 302 g/mol. The summed E-state index contributed by atoms with van der Waals surface area (Å²) in [5.41, 5.74) is 1.78. The highest BCUT2D eigenvalue weighted by atomic mass is 32.1. The lowest BCUT2D eigenvalue weighted by Crippen LogP contribution is -2.29. The monoisotopic (exact) mass is 302 g/mol. The molecule has 1 aromatic carbocycles. The Labute approximate surface area is 128 Å². The molecular formula is C16H18N2O2S. The lowest BCUT2D eigenvalue weighted by atomic mass is 10.1. The van der Waals surface area contributed by atoms with Gasteiger partial charge >= 0.3 is 0 Å². The van der Waals surface area contributed by atoms with Crippen molar-refractivity contribution in [1.29, 1.82) is 0 Å². The van der Waals surface area contributed by atoms with Crippen molar-refractivity contribution >= 4 is 22.8 Å². The average Bonchev–Trinajstić information content (AvgIpc) is 3.27. The minimum Gasteiger partial charge on any atom is -0.383 e. The topological polar surface area (TPSA) is 42.4 Å². The van der Waals surface area contributed by atoms with E-state index in [1.165, 1.54) is 24.2 Å². The van der Waals surface area contributed by atoms with Gasteiger partial charge in [0, 0.05) is 25.3 Å². The summed E-state index contributed by atoms with van der Waals surface area (Å²) < 4.78 is 5.19. The van der Waals surface area contributed by atoms with E-state index in [0.29, 0.717) is 17.5 Å². The highest BCUT2D eigenvalue weighted by Gasteiger charge is 2.31. The number of hydrogen-bond donors (Lipinski definition) is 0. The van der Waals surface area contributed by atoms with Gasteiger partial charge < -0.3 is 9.64 Å². The van der Waals surface area contributed by atoms with Gasteiger partial charge in [-0.15, -0.1) is 0 Å². The van der Waals surface area contributed by atoms with Crippen LogP contribution in [0.2, 0.25) is 0 Å². The molecule has 1 saturated carbocycles. The van der Waals surface area contributed by atoms with E-state index in [9.17, 15) is 4.79 Å². The molecule has 5 heteroatoms. The fraction of sp³-hybridized carbons (Fsp3) is 0.375. The number of aldehydes is 1. The Kier molecular flexibility index (Phi) is 4.31. The quantitative estimate of drug-likeness (QED) is 0.736. The summed E-state index contributed by atoms with van der Waals surface area (Å²) in [6, 6.07) is 10.4.